The van der Waals surface area contributed by atoms with E-state index >= 15 is 0 Å². The molecule has 1 fully saturated rings. The van der Waals surface area contributed by atoms with Gasteiger partial charge in [-0.1, -0.05) is 23.8 Å². The summed E-state index contributed by atoms with van der Waals surface area (Å²) in [5.74, 6) is 1.02. The van der Waals surface area contributed by atoms with Gasteiger partial charge in [-0.25, -0.2) is 0 Å². The molecule has 0 saturated carbocycles. The average molecular weight is 350 g/mol. The first-order chi connectivity index (χ1) is 11.6. The Bertz CT molecular complexity index is 615. The maximum absolute atomic E-state index is 12.4. The van der Waals surface area contributed by atoms with Crippen molar-refractivity contribution in [2.45, 2.75) is 31.1 Å². The SMILES string of the molecule is COc1ccc(Cl)cc1C1(CNC(=O)C2CC=CC2)CCOCC1. The summed E-state index contributed by atoms with van der Waals surface area (Å²) in [6.07, 6.45) is 7.51. The molecule has 0 bridgehead atoms. The summed E-state index contributed by atoms with van der Waals surface area (Å²) in [4.78, 5) is 12.4. The van der Waals surface area contributed by atoms with Gasteiger partial charge in [0.25, 0.3) is 0 Å². The van der Waals surface area contributed by atoms with Crippen molar-refractivity contribution >= 4 is 17.5 Å². The van der Waals surface area contributed by atoms with E-state index in [2.05, 4.69) is 17.5 Å². The fourth-order valence-corrected chi connectivity index (χ4v) is 3.80. The fraction of sp³-hybridized carbons (Fsp3) is 0.526. The third-order valence-electron chi connectivity index (χ3n) is 5.16. The second-order valence-electron chi connectivity index (χ2n) is 6.59. The van der Waals surface area contributed by atoms with E-state index in [0.29, 0.717) is 24.8 Å². The quantitative estimate of drug-likeness (QED) is 0.828. The Morgan fingerprint density at radius 3 is 2.71 bits per heavy atom. The van der Waals surface area contributed by atoms with Crippen molar-refractivity contribution in [3.8, 4) is 5.75 Å². The first-order valence-electron chi connectivity index (χ1n) is 8.49. The molecular formula is C19H24ClNO3. The van der Waals surface area contributed by atoms with Crippen LogP contribution in [0.4, 0.5) is 0 Å². The number of benzene rings is 1. The van der Waals surface area contributed by atoms with Crippen LogP contribution >= 0.6 is 11.6 Å². The molecule has 1 amide bonds. The Morgan fingerprint density at radius 1 is 1.33 bits per heavy atom. The van der Waals surface area contributed by atoms with E-state index in [9.17, 15) is 4.79 Å². The van der Waals surface area contributed by atoms with Crippen molar-refractivity contribution in [2.75, 3.05) is 26.9 Å². The van der Waals surface area contributed by atoms with E-state index in [1.807, 2.05) is 18.2 Å². The summed E-state index contributed by atoms with van der Waals surface area (Å²) in [5, 5.41) is 3.85. The average Bonchev–Trinajstić information content (AvgIpc) is 3.15. The lowest BCUT2D eigenvalue weighted by molar-refractivity contribution is -0.125. The highest BCUT2D eigenvalue weighted by Crippen LogP contribution is 2.40. The van der Waals surface area contributed by atoms with Gasteiger partial charge in [0.05, 0.1) is 7.11 Å². The third kappa shape index (κ3) is 3.60. The highest BCUT2D eigenvalue weighted by molar-refractivity contribution is 6.30. The highest BCUT2D eigenvalue weighted by atomic mass is 35.5. The van der Waals surface area contributed by atoms with Crippen LogP contribution in [0.2, 0.25) is 5.02 Å². The van der Waals surface area contributed by atoms with Crippen LogP contribution in [0.25, 0.3) is 0 Å². The van der Waals surface area contributed by atoms with Crippen LogP contribution in [0.3, 0.4) is 0 Å². The van der Waals surface area contributed by atoms with Gasteiger partial charge in [-0.3, -0.25) is 4.79 Å². The minimum Gasteiger partial charge on any atom is -0.496 e. The summed E-state index contributed by atoms with van der Waals surface area (Å²) in [6, 6.07) is 5.70. The van der Waals surface area contributed by atoms with Crippen LogP contribution < -0.4 is 10.1 Å². The Hall–Kier alpha value is -1.52. The van der Waals surface area contributed by atoms with Crippen molar-refractivity contribution in [1.82, 2.24) is 5.32 Å². The number of allylic oxidation sites excluding steroid dienone is 2. The molecule has 1 aliphatic heterocycles. The molecule has 1 aliphatic carbocycles. The number of rotatable bonds is 5. The molecule has 0 spiro atoms. The molecule has 24 heavy (non-hydrogen) atoms. The zero-order valence-electron chi connectivity index (χ0n) is 14.0. The van der Waals surface area contributed by atoms with Gasteiger partial charge in [0, 0.05) is 41.7 Å². The first-order valence-corrected chi connectivity index (χ1v) is 8.87. The Morgan fingerprint density at radius 2 is 2.04 bits per heavy atom. The van der Waals surface area contributed by atoms with E-state index in [0.717, 1.165) is 37.0 Å². The lowest BCUT2D eigenvalue weighted by atomic mass is 9.73. The molecule has 1 aromatic carbocycles. The predicted molar refractivity (Wildman–Crippen MR) is 94.6 cm³/mol. The summed E-state index contributed by atoms with van der Waals surface area (Å²) in [6.45, 7) is 1.94. The van der Waals surface area contributed by atoms with Crippen LogP contribution in [-0.2, 0) is 14.9 Å². The van der Waals surface area contributed by atoms with E-state index in [4.69, 9.17) is 21.1 Å². The molecule has 4 nitrogen and oxygen atoms in total. The maximum atomic E-state index is 12.4. The number of carbonyl (C=O) groups excluding carboxylic acids is 1. The van der Waals surface area contributed by atoms with Crippen molar-refractivity contribution in [3.63, 3.8) is 0 Å². The molecule has 1 N–H and O–H groups in total. The molecule has 3 rings (SSSR count). The van der Waals surface area contributed by atoms with E-state index < -0.39 is 0 Å². The van der Waals surface area contributed by atoms with Gasteiger partial charge in [-0.15, -0.1) is 0 Å². The molecule has 0 unspecified atom stereocenters. The van der Waals surface area contributed by atoms with E-state index in [1.54, 1.807) is 7.11 Å². The zero-order valence-corrected chi connectivity index (χ0v) is 14.8. The summed E-state index contributed by atoms with van der Waals surface area (Å²) in [7, 11) is 1.67. The highest BCUT2D eigenvalue weighted by Gasteiger charge is 2.38. The largest absolute Gasteiger partial charge is 0.496 e. The summed E-state index contributed by atoms with van der Waals surface area (Å²) in [5.41, 5.74) is 0.863. The molecule has 5 heteroatoms. The van der Waals surface area contributed by atoms with Gasteiger partial charge < -0.3 is 14.8 Å². The molecular weight excluding hydrogens is 326 g/mol. The van der Waals surface area contributed by atoms with Crippen LogP contribution in [-0.4, -0.2) is 32.8 Å². The summed E-state index contributed by atoms with van der Waals surface area (Å²) >= 11 is 6.24. The van der Waals surface area contributed by atoms with Crippen molar-refractivity contribution in [2.24, 2.45) is 5.92 Å². The minimum atomic E-state index is -0.198. The Kier molecular flexibility index (Phi) is 5.47. The number of amides is 1. The second kappa shape index (κ2) is 7.58. The van der Waals surface area contributed by atoms with Crippen LogP contribution in [0.15, 0.2) is 30.4 Å². The standard InChI is InChI=1S/C19H24ClNO3/c1-23-17-7-6-15(20)12-16(17)19(8-10-24-11-9-19)13-21-18(22)14-4-2-3-5-14/h2-3,6-7,12,14H,4-5,8-11,13H2,1H3,(H,21,22). The predicted octanol–water partition coefficient (Wildman–Crippen LogP) is 3.48. The molecule has 1 aromatic rings. The number of methoxy groups -OCH3 is 1. The molecule has 0 radical (unpaired) electrons. The number of hydrogen-bond acceptors (Lipinski definition) is 3. The number of nitrogens with one attached hydrogen (secondary N) is 1. The lowest BCUT2D eigenvalue weighted by Crippen LogP contribution is -2.46. The van der Waals surface area contributed by atoms with Crippen LogP contribution in [0, 0.1) is 5.92 Å². The molecule has 0 aromatic heterocycles. The number of ether oxygens (including phenoxy) is 2. The van der Waals surface area contributed by atoms with Gasteiger partial charge in [-0.05, 0) is 43.9 Å². The smallest absolute Gasteiger partial charge is 0.223 e. The monoisotopic (exact) mass is 349 g/mol. The molecule has 1 saturated heterocycles. The number of carbonyl (C=O) groups is 1. The molecule has 2 aliphatic rings. The lowest BCUT2D eigenvalue weighted by Gasteiger charge is -2.39. The van der Waals surface area contributed by atoms with Gasteiger partial charge >= 0.3 is 0 Å². The van der Waals surface area contributed by atoms with E-state index in [1.165, 1.54) is 0 Å². The Labute approximate surface area is 148 Å². The number of hydrogen-bond donors (Lipinski definition) is 1. The topological polar surface area (TPSA) is 47.6 Å². The zero-order chi connectivity index (χ0) is 17.0. The third-order valence-corrected chi connectivity index (χ3v) is 5.40. The molecule has 1 heterocycles. The van der Waals surface area contributed by atoms with Gasteiger partial charge in [0.2, 0.25) is 5.91 Å². The fourth-order valence-electron chi connectivity index (χ4n) is 3.63. The second-order valence-corrected chi connectivity index (χ2v) is 7.03. The van der Waals surface area contributed by atoms with Crippen molar-refractivity contribution in [3.05, 3.63) is 40.9 Å². The maximum Gasteiger partial charge on any atom is 0.223 e. The van der Waals surface area contributed by atoms with Crippen LogP contribution in [0.1, 0.15) is 31.2 Å². The van der Waals surface area contributed by atoms with Gasteiger partial charge in [0.15, 0.2) is 0 Å². The van der Waals surface area contributed by atoms with E-state index in [-0.39, 0.29) is 17.2 Å². The van der Waals surface area contributed by atoms with Crippen molar-refractivity contribution < 1.29 is 14.3 Å². The van der Waals surface area contributed by atoms with Crippen LogP contribution in [0.5, 0.6) is 5.75 Å². The normalized spacial score (nSPS) is 20.1. The van der Waals surface area contributed by atoms with Gasteiger partial charge in [-0.2, -0.15) is 0 Å². The first kappa shape index (κ1) is 17.3. The molecule has 130 valence electrons. The summed E-state index contributed by atoms with van der Waals surface area (Å²) < 4.78 is 11.1. The number of halogens is 1. The molecule has 0 atom stereocenters. The van der Waals surface area contributed by atoms with Crippen molar-refractivity contribution in [1.29, 1.82) is 0 Å². The minimum absolute atomic E-state index is 0.0724. The Balaban J connectivity index is 1.82. The van der Waals surface area contributed by atoms with Gasteiger partial charge in [0.1, 0.15) is 5.75 Å².